The van der Waals surface area contributed by atoms with Gasteiger partial charge in [0.2, 0.25) is 0 Å². The molecule has 0 aliphatic heterocycles. The minimum atomic E-state index is 0.888. The molecule has 0 aromatic carbocycles. The highest BCUT2D eigenvalue weighted by Gasteiger charge is 2.15. The van der Waals surface area contributed by atoms with Gasteiger partial charge in [0.15, 0.2) is 0 Å². The van der Waals surface area contributed by atoms with Crippen molar-refractivity contribution >= 4 is 45.2 Å². The first-order valence-electron chi connectivity index (χ1n) is 2.68. The first-order chi connectivity index (χ1) is 3.70. The lowest BCUT2D eigenvalue weighted by Crippen LogP contribution is -1.85. The summed E-state index contributed by atoms with van der Waals surface area (Å²) < 4.78 is 2.47. The molecule has 0 saturated heterocycles. The zero-order valence-electron chi connectivity index (χ0n) is 4.75. The Hall–Kier alpha value is 1.20. The fourth-order valence-electron chi connectivity index (χ4n) is 0.884. The van der Waals surface area contributed by atoms with Crippen molar-refractivity contribution in [1.82, 2.24) is 0 Å². The first-order valence-corrected chi connectivity index (χ1v) is 5.01. The van der Waals surface area contributed by atoms with Gasteiger partial charge in [-0.05, 0) is 45.9 Å². The molecule has 0 N–H and O–H groups in total. The smallest absolute Gasteiger partial charge is 0.0192 e. The number of hydrogen-bond donors (Lipinski definition) is 0. The maximum absolute atomic E-state index is 2.52. The molecule has 0 aromatic heterocycles. The van der Waals surface area contributed by atoms with Crippen molar-refractivity contribution in [2.75, 3.05) is 0 Å². The SMILES string of the molecule is CC1=C(I)CC(I)C1. The van der Waals surface area contributed by atoms with Gasteiger partial charge in [-0.25, -0.2) is 0 Å². The van der Waals surface area contributed by atoms with E-state index in [4.69, 9.17) is 0 Å². The van der Waals surface area contributed by atoms with Gasteiger partial charge in [0.25, 0.3) is 0 Å². The molecule has 0 saturated carbocycles. The van der Waals surface area contributed by atoms with Crippen molar-refractivity contribution in [2.24, 2.45) is 0 Å². The van der Waals surface area contributed by atoms with Gasteiger partial charge >= 0.3 is 0 Å². The van der Waals surface area contributed by atoms with Crippen LogP contribution in [0.2, 0.25) is 0 Å². The van der Waals surface area contributed by atoms with E-state index in [1.807, 2.05) is 0 Å². The van der Waals surface area contributed by atoms with Crippen LogP contribution in [0.25, 0.3) is 0 Å². The Kier molecular flexibility index (Phi) is 2.61. The number of alkyl halides is 1. The first kappa shape index (κ1) is 7.31. The molecule has 8 heavy (non-hydrogen) atoms. The highest BCUT2D eigenvalue weighted by molar-refractivity contribution is 14.1. The summed E-state index contributed by atoms with van der Waals surface area (Å²) in [6.07, 6.45) is 2.63. The Morgan fingerprint density at radius 1 is 1.50 bits per heavy atom. The monoisotopic (exact) mass is 334 g/mol. The summed E-state index contributed by atoms with van der Waals surface area (Å²) >= 11 is 4.96. The number of rotatable bonds is 0. The summed E-state index contributed by atoms with van der Waals surface area (Å²) in [6, 6.07) is 0. The Bertz CT molecular complexity index is 112. The Morgan fingerprint density at radius 3 is 2.25 bits per heavy atom. The highest BCUT2D eigenvalue weighted by atomic mass is 127. The second kappa shape index (κ2) is 2.86. The van der Waals surface area contributed by atoms with E-state index in [0.29, 0.717) is 0 Å². The predicted octanol–water partition coefficient (Wildman–Crippen LogP) is 3.29. The van der Waals surface area contributed by atoms with Crippen molar-refractivity contribution in [2.45, 2.75) is 23.7 Å². The lowest BCUT2D eigenvalue weighted by molar-refractivity contribution is 0.964. The molecule has 0 amide bonds. The van der Waals surface area contributed by atoms with E-state index in [9.17, 15) is 0 Å². The van der Waals surface area contributed by atoms with Gasteiger partial charge in [0.05, 0.1) is 0 Å². The molecule has 0 spiro atoms. The molecule has 0 fully saturated rings. The van der Waals surface area contributed by atoms with Crippen LogP contribution in [0.1, 0.15) is 19.8 Å². The third-order valence-electron chi connectivity index (χ3n) is 1.39. The second-order valence-corrected chi connectivity index (χ2v) is 5.25. The van der Waals surface area contributed by atoms with Crippen LogP contribution in [0.15, 0.2) is 9.15 Å². The van der Waals surface area contributed by atoms with Gasteiger partial charge in [-0.1, -0.05) is 28.2 Å². The van der Waals surface area contributed by atoms with Crippen LogP contribution in [0.5, 0.6) is 0 Å². The molecule has 1 aliphatic carbocycles. The molecule has 0 aromatic rings. The van der Waals surface area contributed by atoms with Gasteiger partial charge in [-0.3, -0.25) is 0 Å². The molecule has 46 valence electrons. The Labute approximate surface area is 77.4 Å². The number of halogens is 2. The highest BCUT2D eigenvalue weighted by Crippen LogP contribution is 2.34. The maximum atomic E-state index is 2.52. The maximum Gasteiger partial charge on any atom is 0.0192 e. The van der Waals surface area contributed by atoms with E-state index in [1.54, 1.807) is 9.15 Å². The van der Waals surface area contributed by atoms with Gasteiger partial charge in [0.1, 0.15) is 0 Å². The minimum absolute atomic E-state index is 0.888. The molecule has 0 radical (unpaired) electrons. The summed E-state index contributed by atoms with van der Waals surface area (Å²) in [5, 5.41) is 0. The zero-order valence-corrected chi connectivity index (χ0v) is 9.06. The van der Waals surface area contributed by atoms with E-state index in [2.05, 4.69) is 52.1 Å². The standard InChI is InChI=1S/C6H8I2/c1-4-2-5(7)3-6(4)8/h5H,2-3H2,1H3. The molecular weight excluding hydrogens is 326 g/mol. The average molecular weight is 334 g/mol. The third kappa shape index (κ3) is 1.59. The quantitative estimate of drug-likeness (QED) is 0.471. The summed E-state index contributed by atoms with van der Waals surface area (Å²) in [5.41, 5.74) is 1.60. The van der Waals surface area contributed by atoms with Crippen molar-refractivity contribution in [1.29, 1.82) is 0 Å². The Balaban J connectivity index is 2.60. The van der Waals surface area contributed by atoms with Crippen molar-refractivity contribution in [3.63, 3.8) is 0 Å². The summed E-state index contributed by atoms with van der Waals surface area (Å²) in [5.74, 6) is 0. The van der Waals surface area contributed by atoms with Crippen LogP contribution in [-0.2, 0) is 0 Å². The molecule has 1 aliphatic rings. The number of hydrogen-bond acceptors (Lipinski definition) is 0. The van der Waals surface area contributed by atoms with E-state index in [0.717, 1.165) is 3.92 Å². The largest absolute Gasteiger partial charge is 0.0819 e. The van der Waals surface area contributed by atoms with Crippen LogP contribution in [-0.4, -0.2) is 3.92 Å². The second-order valence-electron chi connectivity index (χ2n) is 2.19. The van der Waals surface area contributed by atoms with Crippen molar-refractivity contribution in [3.8, 4) is 0 Å². The lowest BCUT2D eigenvalue weighted by atomic mass is 10.3. The molecule has 2 heteroatoms. The van der Waals surface area contributed by atoms with Crippen molar-refractivity contribution in [3.05, 3.63) is 9.15 Å². The van der Waals surface area contributed by atoms with E-state index >= 15 is 0 Å². The molecule has 0 heterocycles. The van der Waals surface area contributed by atoms with Crippen LogP contribution in [0.3, 0.4) is 0 Å². The third-order valence-corrected chi connectivity index (χ3v) is 3.63. The lowest BCUT2D eigenvalue weighted by Gasteiger charge is -1.93. The molecule has 1 atom stereocenters. The van der Waals surface area contributed by atoms with Gasteiger partial charge in [0, 0.05) is 3.92 Å². The van der Waals surface area contributed by atoms with Gasteiger partial charge in [-0.2, -0.15) is 0 Å². The van der Waals surface area contributed by atoms with Crippen LogP contribution in [0.4, 0.5) is 0 Å². The molecule has 0 nitrogen and oxygen atoms in total. The topological polar surface area (TPSA) is 0 Å². The van der Waals surface area contributed by atoms with E-state index in [1.165, 1.54) is 12.8 Å². The molecule has 0 bridgehead atoms. The van der Waals surface area contributed by atoms with Crippen LogP contribution in [0, 0.1) is 0 Å². The molecular formula is C6H8I2. The predicted molar refractivity (Wildman–Crippen MR) is 53.8 cm³/mol. The van der Waals surface area contributed by atoms with Crippen LogP contribution < -0.4 is 0 Å². The summed E-state index contributed by atoms with van der Waals surface area (Å²) in [7, 11) is 0. The fourth-order valence-corrected chi connectivity index (χ4v) is 3.58. The van der Waals surface area contributed by atoms with E-state index in [-0.39, 0.29) is 0 Å². The van der Waals surface area contributed by atoms with Crippen LogP contribution >= 0.6 is 45.2 Å². The normalized spacial score (nSPS) is 29.6. The number of allylic oxidation sites excluding steroid dienone is 2. The van der Waals surface area contributed by atoms with E-state index < -0.39 is 0 Å². The minimum Gasteiger partial charge on any atom is -0.0819 e. The van der Waals surface area contributed by atoms with Gasteiger partial charge < -0.3 is 0 Å². The molecule has 1 rings (SSSR count). The zero-order chi connectivity index (χ0) is 6.15. The average Bonchev–Trinajstić information content (AvgIpc) is 1.85. The fraction of sp³-hybridized carbons (Fsp3) is 0.667. The molecule has 1 unspecified atom stereocenters. The van der Waals surface area contributed by atoms with Gasteiger partial charge in [-0.15, -0.1) is 0 Å². The summed E-state index contributed by atoms with van der Waals surface area (Å²) in [6.45, 7) is 2.24. The van der Waals surface area contributed by atoms with Crippen molar-refractivity contribution < 1.29 is 0 Å². The Morgan fingerprint density at radius 2 is 2.12 bits per heavy atom. The summed E-state index contributed by atoms with van der Waals surface area (Å²) in [4.78, 5) is 0.